The maximum Gasteiger partial charge on any atom is 0.0775 e. The Labute approximate surface area is 121 Å². The number of hydrogen-bond acceptors (Lipinski definition) is 3. The minimum Gasteiger partial charge on any atom is -0.370 e. The van der Waals surface area contributed by atoms with E-state index in [4.69, 9.17) is 0 Å². The van der Waals surface area contributed by atoms with Gasteiger partial charge in [0.2, 0.25) is 0 Å². The molecular weight excluding hydrogens is 304 g/mol. The molecule has 3 rings (SSSR count). The van der Waals surface area contributed by atoms with Gasteiger partial charge in [0.25, 0.3) is 0 Å². The number of aryl methyl sites for hydroxylation is 1. The Morgan fingerprint density at radius 2 is 2.16 bits per heavy atom. The van der Waals surface area contributed by atoms with Crippen molar-refractivity contribution in [2.75, 3.05) is 11.9 Å². The van der Waals surface area contributed by atoms with Crippen LogP contribution in [0, 0.1) is 0 Å². The molecule has 2 atom stereocenters. The first kappa shape index (κ1) is 12.7. The molecule has 1 fully saturated rings. The average Bonchev–Trinajstić information content (AvgIpc) is 2.98. The first-order chi connectivity index (χ1) is 9.24. The van der Waals surface area contributed by atoms with Gasteiger partial charge in [-0.05, 0) is 34.5 Å². The van der Waals surface area contributed by atoms with E-state index in [0.29, 0.717) is 12.1 Å². The Bertz CT molecular complexity index is 532. The van der Waals surface area contributed by atoms with Crippen molar-refractivity contribution in [2.45, 2.75) is 18.5 Å². The SMILES string of the molecule is Cn1ncc(Br)c1C1CNC(Nc2ccccc2)C1. The summed E-state index contributed by atoms with van der Waals surface area (Å²) in [7, 11) is 2.00. The highest BCUT2D eigenvalue weighted by Crippen LogP contribution is 2.31. The second kappa shape index (κ2) is 5.35. The molecule has 1 aromatic carbocycles. The summed E-state index contributed by atoms with van der Waals surface area (Å²) < 4.78 is 3.06. The Morgan fingerprint density at radius 3 is 2.84 bits per heavy atom. The lowest BCUT2D eigenvalue weighted by molar-refractivity contribution is 0.624. The fourth-order valence-corrected chi connectivity index (χ4v) is 3.34. The van der Waals surface area contributed by atoms with Gasteiger partial charge < -0.3 is 5.32 Å². The summed E-state index contributed by atoms with van der Waals surface area (Å²) in [5.41, 5.74) is 2.43. The third kappa shape index (κ3) is 2.67. The van der Waals surface area contributed by atoms with Crippen LogP contribution in [-0.2, 0) is 7.05 Å². The predicted octanol–water partition coefficient (Wildman–Crippen LogP) is 2.70. The number of aromatic nitrogens is 2. The fraction of sp³-hybridized carbons (Fsp3) is 0.357. The quantitative estimate of drug-likeness (QED) is 0.913. The van der Waals surface area contributed by atoms with E-state index < -0.39 is 0 Å². The predicted molar refractivity (Wildman–Crippen MR) is 80.1 cm³/mol. The van der Waals surface area contributed by atoms with Crippen molar-refractivity contribution in [1.82, 2.24) is 15.1 Å². The maximum atomic E-state index is 4.29. The zero-order chi connectivity index (χ0) is 13.2. The summed E-state index contributed by atoms with van der Waals surface area (Å²) in [6, 6.07) is 10.3. The Morgan fingerprint density at radius 1 is 1.37 bits per heavy atom. The van der Waals surface area contributed by atoms with E-state index in [0.717, 1.165) is 23.1 Å². The lowest BCUT2D eigenvalue weighted by Crippen LogP contribution is -2.29. The van der Waals surface area contributed by atoms with Crippen LogP contribution in [0.25, 0.3) is 0 Å². The van der Waals surface area contributed by atoms with Gasteiger partial charge in [-0.2, -0.15) is 5.10 Å². The van der Waals surface area contributed by atoms with Crippen molar-refractivity contribution in [1.29, 1.82) is 0 Å². The number of anilines is 1. The Balaban J connectivity index is 1.68. The molecule has 1 aromatic heterocycles. The molecule has 0 saturated carbocycles. The lowest BCUT2D eigenvalue weighted by atomic mass is 10.0. The number of para-hydroxylation sites is 1. The summed E-state index contributed by atoms with van der Waals surface area (Å²) in [5, 5.41) is 11.3. The normalized spacial score (nSPS) is 22.6. The molecule has 2 aromatic rings. The summed E-state index contributed by atoms with van der Waals surface area (Å²) in [4.78, 5) is 0. The molecule has 0 aliphatic carbocycles. The molecule has 0 radical (unpaired) electrons. The summed E-state index contributed by atoms with van der Waals surface area (Å²) in [5.74, 6) is 0.489. The van der Waals surface area contributed by atoms with Gasteiger partial charge in [0.15, 0.2) is 0 Å². The molecule has 2 N–H and O–H groups in total. The van der Waals surface area contributed by atoms with Crippen molar-refractivity contribution in [3.8, 4) is 0 Å². The molecule has 0 spiro atoms. The molecular formula is C14H17BrN4. The average molecular weight is 321 g/mol. The maximum absolute atomic E-state index is 4.29. The second-order valence-electron chi connectivity index (χ2n) is 4.91. The number of halogens is 1. The van der Waals surface area contributed by atoms with Crippen LogP contribution in [-0.4, -0.2) is 22.5 Å². The Kier molecular flexibility index (Phi) is 3.57. The third-order valence-corrected chi connectivity index (χ3v) is 4.18. The van der Waals surface area contributed by atoms with Gasteiger partial charge in [-0.3, -0.25) is 10.00 Å². The molecule has 1 aliphatic rings. The number of rotatable bonds is 3. The van der Waals surface area contributed by atoms with E-state index in [1.165, 1.54) is 5.69 Å². The highest BCUT2D eigenvalue weighted by molar-refractivity contribution is 9.10. The van der Waals surface area contributed by atoms with Gasteiger partial charge in [0.05, 0.1) is 22.5 Å². The van der Waals surface area contributed by atoms with Gasteiger partial charge in [-0.25, -0.2) is 0 Å². The fourth-order valence-electron chi connectivity index (χ4n) is 2.67. The van der Waals surface area contributed by atoms with E-state index in [-0.39, 0.29) is 0 Å². The third-order valence-electron chi connectivity index (χ3n) is 3.57. The van der Waals surface area contributed by atoms with E-state index in [2.05, 4.69) is 43.8 Å². The Hall–Kier alpha value is -1.33. The molecule has 0 amide bonds. The van der Waals surface area contributed by atoms with Crippen LogP contribution in [0.15, 0.2) is 41.0 Å². The van der Waals surface area contributed by atoms with Crippen LogP contribution >= 0.6 is 15.9 Å². The highest BCUT2D eigenvalue weighted by Gasteiger charge is 2.28. The van der Waals surface area contributed by atoms with E-state index in [1.54, 1.807) is 0 Å². The van der Waals surface area contributed by atoms with Crippen molar-refractivity contribution in [2.24, 2.45) is 7.05 Å². The zero-order valence-electron chi connectivity index (χ0n) is 10.8. The molecule has 0 bridgehead atoms. The molecule has 4 nitrogen and oxygen atoms in total. The van der Waals surface area contributed by atoms with Crippen LogP contribution in [0.3, 0.4) is 0 Å². The molecule has 2 heterocycles. The van der Waals surface area contributed by atoms with Gasteiger partial charge in [0.1, 0.15) is 0 Å². The smallest absolute Gasteiger partial charge is 0.0775 e. The lowest BCUT2D eigenvalue weighted by Gasteiger charge is -2.14. The highest BCUT2D eigenvalue weighted by atomic mass is 79.9. The largest absolute Gasteiger partial charge is 0.370 e. The van der Waals surface area contributed by atoms with Crippen LogP contribution in [0.1, 0.15) is 18.0 Å². The summed E-state index contributed by atoms with van der Waals surface area (Å²) in [6.45, 7) is 0.975. The minimum atomic E-state index is 0.314. The van der Waals surface area contributed by atoms with E-state index in [9.17, 15) is 0 Å². The molecule has 100 valence electrons. The van der Waals surface area contributed by atoms with E-state index >= 15 is 0 Å². The van der Waals surface area contributed by atoms with Gasteiger partial charge in [-0.1, -0.05) is 18.2 Å². The standard InChI is InChI=1S/C14H17BrN4/c1-19-14(12(15)9-17-19)10-7-13(16-8-10)18-11-5-3-2-4-6-11/h2-6,9-10,13,16,18H,7-8H2,1H3. The van der Waals surface area contributed by atoms with Crippen molar-refractivity contribution in [3.05, 3.63) is 46.7 Å². The number of benzene rings is 1. The van der Waals surface area contributed by atoms with Crippen LogP contribution in [0.5, 0.6) is 0 Å². The van der Waals surface area contributed by atoms with Crippen molar-refractivity contribution in [3.63, 3.8) is 0 Å². The number of hydrogen-bond donors (Lipinski definition) is 2. The molecule has 1 saturated heterocycles. The second-order valence-corrected chi connectivity index (χ2v) is 5.76. The summed E-state index contributed by atoms with van der Waals surface area (Å²) >= 11 is 3.58. The molecule has 19 heavy (non-hydrogen) atoms. The zero-order valence-corrected chi connectivity index (χ0v) is 12.4. The topological polar surface area (TPSA) is 41.9 Å². The number of nitrogens with one attached hydrogen (secondary N) is 2. The van der Waals surface area contributed by atoms with Crippen LogP contribution in [0.4, 0.5) is 5.69 Å². The monoisotopic (exact) mass is 320 g/mol. The molecule has 1 aliphatic heterocycles. The van der Waals surface area contributed by atoms with Crippen molar-refractivity contribution >= 4 is 21.6 Å². The minimum absolute atomic E-state index is 0.314. The van der Waals surface area contributed by atoms with Crippen LogP contribution < -0.4 is 10.6 Å². The number of nitrogens with zero attached hydrogens (tertiary/aromatic N) is 2. The first-order valence-corrected chi connectivity index (χ1v) is 7.25. The molecule has 2 unspecified atom stereocenters. The molecule has 5 heteroatoms. The summed E-state index contributed by atoms with van der Waals surface area (Å²) in [6.07, 6.45) is 3.24. The van der Waals surface area contributed by atoms with Gasteiger partial charge in [0, 0.05) is 25.2 Å². The first-order valence-electron chi connectivity index (χ1n) is 6.46. The van der Waals surface area contributed by atoms with Gasteiger partial charge >= 0.3 is 0 Å². The van der Waals surface area contributed by atoms with E-state index in [1.807, 2.05) is 36.1 Å². The van der Waals surface area contributed by atoms with Crippen molar-refractivity contribution < 1.29 is 0 Å². The van der Waals surface area contributed by atoms with Crippen LogP contribution in [0.2, 0.25) is 0 Å². The van der Waals surface area contributed by atoms with Gasteiger partial charge in [-0.15, -0.1) is 0 Å².